The number of rotatable bonds is 15. The molecule has 0 radical (unpaired) electrons. The molecule has 0 saturated carbocycles. The molecule has 0 spiro atoms. The van der Waals surface area contributed by atoms with Gasteiger partial charge in [-0.25, -0.2) is 0 Å². The van der Waals surface area contributed by atoms with Crippen molar-refractivity contribution in [2.75, 3.05) is 34.0 Å². The van der Waals surface area contributed by atoms with Gasteiger partial charge in [0.2, 0.25) is 12.0 Å². The van der Waals surface area contributed by atoms with Crippen LogP contribution in [0.15, 0.2) is 18.2 Å². The Morgan fingerprint density at radius 1 is 0.809 bits per heavy atom. The smallest absolute Gasteiger partial charge is 0.309 e. The summed E-state index contributed by atoms with van der Waals surface area (Å²) in [4.78, 5) is 24.2. The lowest BCUT2D eigenvalue weighted by Gasteiger charge is -2.42. The maximum Gasteiger partial charge on any atom is 0.309 e. The summed E-state index contributed by atoms with van der Waals surface area (Å²) in [5, 5.41) is 88.9. The molecular weight excluding hydrogens is 636 g/mol. The number of aliphatic hydroxyl groups is 8. The number of methoxy groups -OCH3 is 2. The molecule has 0 amide bonds. The minimum Gasteiger partial charge on any atom is -0.493 e. The molecule has 3 rings (SSSR count). The van der Waals surface area contributed by atoms with Gasteiger partial charge < -0.3 is 79.1 Å². The fourth-order valence-corrected chi connectivity index (χ4v) is 4.99. The summed E-state index contributed by atoms with van der Waals surface area (Å²) in [5.41, 5.74) is -1.32. The molecule has 11 unspecified atom stereocenters. The first-order valence-electron chi connectivity index (χ1n) is 14.4. The molecule has 18 heteroatoms. The predicted molar refractivity (Wildman–Crippen MR) is 154 cm³/mol. The summed E-state index contributed by atoms with van der Waals surface area (Å²) in [6.45, 7) is -0.417. The molecule has 0 bridgehead atoms. The average molecular weight is 679 g/mol. The fraction of sp³-hybridized carbons (Fsp3) is 0.655. The van der Waals surface area contributed by atoms with Crippen LogP contribution in [0.2, 0.25) is 0 Å². The first-order valence-corrected chi connectivity index (χ1v) is 14.4. The van der Waals surface area contributed by atoms with Gasteiger partial charge >= 0.3 is 11.9 Å². The molecule has 47 heavy (non-hydrogen) atoms. The third-order valence-corrected chi connectivity index (χ3v) is 7.51. The van der Waals surface area contributed by atoms with E-state index in [0.717, 1.165) is 0 Å². The number of ether oxygens (including phenoxy) is 7. The number of carbonyl (C=O) groups is 2. The summed E-state index contributed by atoms with van der Waals surface area (Å²) in [6, 6.07) is 3.00. The molecule has 2 saturated heterocycles. The molecular formula is C29H42O18. The molecule has 2 heterocycles. The molecule has 266 valence electrons. The van der Waals surface area contributed by atoms with Crippen molar-refractivity contribution < 1.29 is 88.7 Å². The quantitative estimate of drug-likeness (QED) is 0.0830. The van der Waals surface area contributed by atoms with Crippen molar-refractivity contribution in [1.29, 1.82) is 0 Å². The van der Waals surface area contributed by atoms with Crippen LogP contribution in [0.1, 0.15) is 25.3 Å². The molecule has 9 N–H and O–H groups in total. The summed E-state index contributed by atoms with van der Waals surface area (Å²) in [6.07, 6.45) is -14.3. The van der Waals surface area contributed by atoms with Crippen LogP contribution in [0.5, 0.6) is 17.2 Å². The molecule has 11 atom stereocenters. The number of aliphatic hydroxyl groups excluding tert-OH is 8. The van der Waals surface area contributed by atoms with Crippen molar-refractivity contribution in [3.8, 4) is 17.2 Å². The van der Waals surface area contributed by atoms with Gasteiger partial charge in [-0.15, -0.1) is 0 Å². The zero-order valence-electron chi connectivity index (χ0n) is 25.8. The first kappa shape index (κ1) is 38.3. The Bertz CT molecular complexity index is 1200. The van der Waals surface area contributed by atoms with E-state index in [-0.39, 0.29) is 23.9 Å². The highest BCUT2D eigenvalue weighted by atomic mass is 16.7. The van der Waals surface area contributed by atoms with Gasteiger partial charge in [0.15, 0.2) is 17.8 Å². The highest BCUT2D eigenvalue weighted by molar-refractivity contribution is 5.74. The summed E-state index contributed by atoms with van der Waals surface area (Å²) in [7, 11) is 2.65. The monoisotopic (exact) mass is 678 g/mol. The molecule has 2 fully saturated rings. The van der Waals surface area contributed by atoms with Crippen LogP contribution in [-0.4, -0.2) is 159 Å². The van der Waals surface area contributed by atoms with E-state index in [1.54, 1.807) is 0 Å². The van der Waals surface area contributed by atoms with Crippen molar-refractivity contribution >= 4 is 18.0 Å². The standard InChI is InChI=1S/C29H42O18/c1-29(9-18(32)33,47-28-25(40)23(38)21(36)17(12-31)45-28)10-19(34)43-6-4-5-13-7-14(41-2)26(15(8-13)42-3)46-27-24(39)22(37)20(35)16(11-30)44-27/h4-5,7-8,16-17,20-25,27-28,30-31,35-40H,6,9-12H2,1-3H3,(H,32,33). The maximum absolute atomic E-state index is 12.7. The van der Waals surface area contributed by atoms with Gasteiger partial charge in [0.25, 0.3) is 0 Å². The van der Waals surface area contributed by atoms with E-state index in [4.69, 9.17) is 33.2 Å². The number of esters is 1. The van der Waals surface area contributed by atoms with Crippen molar-refractivity contribution in [3.63, 3.8) is 0 Å². The van der Waals surface area contributed by atoms with E-state index in [1.165, 1.54) is 45.4 Å². The van der Waals surface area contributed by atoms with Crippen molar-refractivity contribution in [3.05, 3.63) is 23.8 Å². The second-order valence-corrected chi connectivity index (χ2v) is 11.2. The van der Waals surface area contributed by atoms with E-state index in [2.05, 4.69) is 0 Å². The van der Waals surface area contributed by atoms with Crippen LogP contribution < -0.4 is 14.2 Å². The van der Waals surface area contributed by atoms with Crippen molar-refractivity contribution in [2.45, 2.75) is 86.8 Å². The molecule has 2 aliphatic rings. The predicted octanol–water partition coefficient (Wildman–Crippen LogP) is -3.12. The number of benzene rings is 1. The number of aliphatic carboxylic acids is 1. The Balaban J connectivity index is 1.66. The average Bonchev–Trinajstić information content (AvgIpc) is 3.03. The first-order chi connectivity index (χ1) is 22.2. The lowest BCUT2D eigenvalue weighted by molar-refractivity contribution is -0.325. The molecule has 1 aromatic carbocycles. The topological polar surface area (TPSA) is 281 Å². The van der Waals surface area contributed by atoms with Crippen LogP contribution in [0.3, 0.4) is 0 Å². The summed E-state index contributed by atoms with van der Waals surface area (Å²) in [5.74, 6) is -2.06. The Kier molecular flexibility index (Phi) is 13.7. The lowest BCUT2D eigenvalue weighted by Crippen LogP contribution is -2.60. The van der Waals surface area contributed by atoms with E-state index in [9.17, 15) is 55.5 Å². The van der Waals surface area contributed by atoms with Gasteiger partial charge in [0, 0.05) is 0 Å². The Labute approximate surface area is 268 Å². The second-order valence-electron chi connectivity index (χ2n) is 11.2. The third kappa shape index (κ3) is 9.48. The molecule has 1 aromatic rings. The van der Waals surface area contributed by atoms with Crippen LogP contribution in [0.25, 0.3) is 6.08 Å². The van der Waals surface area contributed by atoms with Gasteiger partial charge in [0.05, 0.1) is 45.9 Å². The maximum atomic E-state index is 12.7. The number of carboxylic acids is 1. The summed E-state index contributed by atoms with van der Waals surface area (Å²) >= 11 is 0. The van der Waals surface area contributed by atoms with E-state index in [0.29, 0.717) is 5.56 Å². The molecule has 0 aromatic heterocycles. The van der Waals surface area contributed by atoms with E-state index < -0.39 is 105 Å². The molecule has 18 nitrogen and oxygen atoms in total. The normalized spacial score (nSPS) is 32.4. The van der Waals surface area contributed by atoms with Gasteiger partial charge in [-0.05, 0) is 30.7 Å². The Hall–Kier alpha value is -3.14. The Morgan fingerprint density at radius 3 is 1.81 bits per heavy atom. The summed E-state index contributed by atoms with van der Waals surface area (Å²) < 4.78 is 37.9. The number of carboxylic acid groups (broad SMARTS) is 1. The minimum atomic E-state index is -1.82. The lowest BCUT2D eigenvalue weighted by atomic mass is 9.95. The van der Waals surface area contributed by atoms with Crippen molar-refractivity contribution in [1.82, 2.24) is 0 Å². The van der Waals surface area contributed by atoms with Crippen LogP contribution in [0.4, 0.5) is 0 Å². The largest absolute Gasteiger partial charge is 0.493 e. The number of hydrogen-bond acceptors (Lipinski definition) is 17. The van der Waals surface area contributed by atoms with Crippen LogP contribution in [-0.2, 0) is 28.5 Å². The number of carbonyl (C=O) groups excluding carboxylic acids is 1. The second kappa shape index (κ2) is 16.8. The molecule has 0 aliphatic carbocycles. The van der Waals surface area contributed by atoms with Gasteiger partial charge in [-0.2, -0.15) is 0 Å². The van der Waals surface area contributed by atoms with Crippen LogP contribution >= 0.6 is 0 Å². The van der Waals surface area contributed by atoms with E-state index >= 15 is 0 Å². The third-order valence-electron chi connectivity index (χ3n) is 7.51. The minimum absolute atomic E-state index is 0.0278. The van der Waals surface area contributed by atoms with Gasteiger partial charge in [-0.3, -0.25) is 9.59 Å². The van der Waals surface area contributed by atoms with Crippen molar-refractivity contribution in [2.24, 2.45) is 0 Å². The molecule has 2 aliphatic heterocycles. The zero-order chi connectivity index (χ0) is 35.1. The van der Waals surface area contributed by atoms with Gasteiger partial charge in [-0.1, -0.05) is 6.08 Å². The number of hydrogen-bond donors (Lipinski definition) is 9. The SMILES string of the molecule is COc1cc(C=CCOC(=O)CC(C)(CC(=O)O)OC2OC(CO)C(O)C(O)C2O)cc(OC)c1OC1OC(CO)C(O)C(O)C1O. The highest BCUT2D eigenvalue weighted by Gasteiger charge is 2.48. The Morgan fingerprint density at radius 2 is 1.32 bits per heavy atom. The zero-order valence-corrected chi connectivity index (χ0v) is 25.8. The fourth-order valence-electron chi connectivity index (χ4n) is 4.99. The van der Waals surface area contributed by atoms with Crippen LogP contribution in [0, 0.1) is 0 Å². The highest BCUT2D eigenvalue weighted by Crippen LogP contribution is 2.41. The van der Waals surface area contributed by atoms with E-state index in [1.807, 2.05) is 0 Å². The van der Waals surface area contributed by atoms with Gasteiger partial charge in [0.1, 0.15) is 55.4 Å².